The summed E-state index contributed by atoms with van der Waals surface area (Å²) in [6.45, 7) is 1.33. The highest BCUT2D eigenvalue weighted by molar-refractivity contribution is 6.10. The van der Waals surface area contributed by atoms with E-state index in [0.29, 0.717) is 12.2 Å². The molecule has 4 nitrogen and oxygen atoms in total. The maximum atomic E-state index is 12.8. The van der Waals surface area contributed by atoms with Crippen LogP contribution in [-0.4, -0.2) is 32.3 Å². The van der Waals surface area contributed by atoms with Crippen molar-refractivity contribution in [3.8, 4) is 5.75 Å². The van der Waals surface area contributed by atoms with E-state index in [2.05, 4.69) is 0 Å². The number of rotatable bonds is 5. The summed E-state index contributed by atoms with van der Waals surface area (Å²) in [4.78, 5) is 14.5. The molecule has 0 radical (unpaired) electrons. The van der Waals surface area contributed by atoms with Crippen LogP contribution in [0.4, 0.5) is 5.69 Å². The molecule has 0 saturated carbocycles. The lowest BCUT2D eigenvalue weighted by Gasteiger charge is -2.19. The second-order valence-electron chi connectivity index (χ2n) is 6.15. The van der Waals surface area contributed by atoms with E-state index in [-0.39, 0.29) is 12.0 Å². The van der Waals surface area contributed by atoms with Crippen molar-refractivity contribution in [1.82, 2.24) is 0 Å². The van der Waals surface area contributed by atoms with Gasteiger partial charge in [-0.1, -0.05) is 36.4 Å². The number of anilines is 1. The summed E-state index contributed by atoms with van der Waals surface area (Å²) in [5.41, 5.74) is 1.53. The fraction of sp³-hybridized carbons (Fsp3) is 0.190. The van der Waals surface area contributed by atoms with E-state index in [1.54, 1.807) is 24.1 Å². The molecule has 0 aliphatic carbocycles. The molecule has 4 rings (SSSR count). The summed E-state index contributed by atoms with van der Waals surface area (Å²) in [5, 5.41) is 2.18. The Morgan fingerprint density at radius 1 is 1.08 bits per heavy atom. The monoisotopic (exact) mass is 333 g/mol. The molecular weight excluding hydrogens is 314 g/mol. The number of hydrogen-bond donors (Lipinski definition) is 0. The predicted molar refractivity (Wildman–Crippen MR) is 98.4 cm³/mol. The molecule has 0 aromatic heterocycles. The zero-order valence-corrected chi connectivity index (χ0v) is 14.0. The number of epoxide rings is 1. The molecule has 1 amide bonds. The standard InChI is InChI=1S/C21H19NO3/c1-22(20-8-4-6-15-5-2-3-7-19(15)20)21(23)16-9-11-17(12-10-16)24-13-18-14-25-18/h2-12,18H,13-14H2,1H3. The minimum absolute atomic E-state index is 0.0478. The molecule has 1 fully saturated rings. The first-order valence-electron chi connectivity index (χ1n) is 8.32. The van der Waals surface area contributed by atoms with Crippen LogP contribution in [0.15, 0.2) is 66.7 Å². The van der Waals surface area contributed by atoms with Crippen molar-refractivity contribution in [3.05, 3.63) is 72.3 Å². The number of hydrogen-bond acceptors (Lipinski definition) is 3. The van der Waals surface area contributed by atoms with Crippen molar-refractivity contribution < 1.29 is 14.3 Å². The molecule has 1 aliphatic heterocycles. The quantitative estimate of drug-likeness (QED) is 0.665. The number of ether oxygens (including phenoxy) is 2. The number of benzene rings is 3. The molecule has 25 heavy (non-hydrogen) atoms. The van der Waals surface area contributed by atoms with Crippen LogP contribution in [0.1, 0.15) is 10.4 Å². The van der Waals surface area contributed by atoms with Crippen molar-refractivity contribution >= 4 is 22.4 Å². The van der Waals surface area contributed by atoms with Gasteiger partial charge in [0.05, 0.1) is 12.3 Å². The van der Waals surface area contributed by atoms with Crippen LogP contribution in [0.25, 0.3) is 10.8 Å². The Labute approximate surface area is 146 Å². The minimum Gasteiger partial charge on any atom is -0.491 e. The zero-order chi connectivity index (χ0) is 17.2. The Morgan fingerprint density at radius 2 is 1.80 bits per heavy atom. The van der Waals surface area contributed by atoms with Crippen LogP contribution in [0.3, 0.4) is 0 Å². The highest BCUT2D eigenvalue weighted by Crippen LogP contribution is 2.27. The second-order valence-corrected chi connectivity index (χ2v) is 6.15. The fourth-order valence-electron chi connectivity index (χ4n) is 2.85. The van der Waals surface area contributed by atoms with Gasteiger partial charge in [-0.25, -0.2) is 0 Å². The Kier molecular flexibility index (Phi) is 4.12. The first kappa shape index (κ1) is 15.7. The number of carbonyl (C=O) groups excluding carboxylic acids is 1. The van der Waals surface area contributed by atoms with E-state index in [9.17, 15) is 4.79 Å². The van der Waals surface area contributed by atoms with Gasteiger partial charge in [0, 0.05) is 18.0 Å². The van der Waals surface area contributed by atoms with Crippen LogP contribution in [0, 0.1) is 0 Å². The summed E-state index contributed by atoms with van der Waals surface area (Å²) in [6.07, 6.45) is 0.221. The Morgan fingerprint density at radius 3 is 2.56 bits per heavy atom. The molecule has 1 aliphatic rings. The molecule has 3 aromatic carbocycles. The molecule has 4 heteroatoms. The van der Waals surface area contributed by atoms with Gasteiger partial charge in [0.15, 0.2) is 0 Å². The van der Waals surface area contributed by atoms with E-state index >= 15 is 0 Å². The van der Waals surface area contributed by atoms with E-state index in [0.717, 1.165) is 28.8 Å². The molecule has 1 saturated heterocycles. The number of fused-ring (bicyclic) bond motifs is 1. The van der Waals surface area contributed by atoms with Crippen LogP contribution in [0.5, 0.6) is 5.75 Å². The average Bonchev–Trinajstić information content (AvgIpc) is 3.50. The molecule has 126 valence electrons. The van der Waals surface area contributed by atoms with Gasteiger partial charge in [0.25, 0.3) is 5.91 Å². The third kappa shape index (κ3) is 3.35. The molecular formula is C21H19NO3. The molecule has 3 aromatic rings. The van der Waals surface area contributed by atoms with Gasteiger partial charge in [0.2, 0.25) is 0 Å². The first-order chi connectivity index (χ1) is 12.2. The van der Waals surface area contributed by atoms with Crippen LogP contribution in [0.2, 0.25) is 0 Å². The van der Waals surface area contributed by atoms with Gasteiger partial charge < -0.3 is 14.4 Å². The van der Waals surface area contributed by atoms with Crippen molar-refractivity contribution in [2.24, 2.45) is 0 Å². The van der Waals surface area contributed by atoms with Gasteiger partial charge in [-0.3, -0.25) is 4.79 Å². The van der Waals surface area contributed by atoms with Gasteiger partial charge in [-0.2, -0.15) is 0 Å². The van der Waals surface area contributed by atoms with Gasteiger partial charge in [0.1, 0.15) is 18.5 Å². The molecule has 0 bridgehead atoms. The van der Waals surface area contributed by atoms with Gasteiger partial charge in [-0.15, -0.1) is 0 Å². The Hall–Kier alpha value is -2.85. The molecule has 1 heterocycles. The highest BCUT2D eigenvalue weighted by Gasteiger charge is 2.23. The average molecular weight is 333 g/mol. The Bertz CT molecular complexity index is 895. The molecule has 1 atom stereocenters. The van der Waals surface area contributed by atoms with Crippen molar-refractivity contribution in [3.63, 3.8) is 0 Å². The Balaban J connectivity index is 1.54. The summed E-state index contributed by atoms with van der Waals surface area (Å²) in [5.74, 6) is 0.702. The number of carbonyl (C=O) groups is 1. The van der Waals surface area contributed by atoms with Crippen LogP contribution >= 0.6 is 0 Å². The zero-order valence-electron chi connectivity index (χ0n) is 14.0. The van der Waals surface area contributed by atoms with Crippen molar-refractivity contribution in [2.75, 3.05) is 25.2 Å². The number of nitrogens with zero attached hydrogens (tertiary/aromatic N) is 1. The summed E-state index contributed by atoms with van der Waals surface area (Å²) < 4.78 is 10.7. The molecule has 0 spiro atoms. The lowest BCUT2D eigenvalue weighted by atomic mass is 10.1. The molecule has 1 unspecified atom stereocenters. The second kappa shape index (κ2) is 6.57. The van der Waals surface area contributed by atoms with Crippen molar-refractivity contribution in [2.45, 2.75) is 6.10 Å². The van der Waals surface area contributed by atoms with Crippen LogP contribution in [-0.2, 0) is 4.74 Å². The highest BCUT2D eigenvalue weighted by atomic mass is 16.6. The van der Waals surface area contributed by atoms with Crippen molar-refractivity contribution in [1.29, 1.82) is 0 Å². The molecule has 0 N–H and O–H groups in total. The van der Waals surface area contributed by atoms with E-state index < -0.39 is 0 Å². The summed E-state index contributed by atoms with van der Waals surface area (Å²) in [7, 11) is 1.80. The lowest BCUT2D eigenvalue weighted by Crippen LogP contribution is -2.26. The smallest absolute Gasteiger partial charge is 0.258 e. The van der Waals surface area contributed by atoms with E-state index in [4.69, 9.17) is 9.47 Å². The minimum atomic E-state index is -0.0478. The summed E-state index contributed by atoms with van der Waals surface area (Å²) in [6, 6.07) is 21.3. The van der Waals surface area contributed by atoms with E-state index in [1.165, 1.54) is 0 Å². The maximum Gasteiger partial charge on any atom is 0.258 e. The number of amides is 1. The van der Waals surface area contributed by atoms with E-state index in [1.807, 2.05) is 54.6 Å². The third-order valence-corrected chi connectivity index (χ3v) is 4.37. The predicted octanol–water partition coefficient (Wildman–Crippen LogP) is 3.89. The van der Waals surface area contributed by atoms with Gasteiger partial charge >= 0.3 is 0 Å². The SMILES string of the molecule is CN(C(=O)c1ccc(OCC2CO2)cc1)c1cccc2ccccc12. The largest absolute Gasteiger partial charge is 0.491 e. The summed E-state index contributed by atoms with van der Waals surface area (Å²) >= 11 is 0. The lowest BCUT2D eigenvalue weighted by molar-refractivity contribution is 0.0993. The van der Waals surface area contributed by atoms with Gasteiger partial charge in [-0.05, 0) is 35.7 Å². The third-order valence-electron chi connectivity index (χ3n) is 4.37. The fourth-order valence-corrected chi connectivity index (χ4v) is 2.85. The first-order valence-corrected chi connectivity index (χ1v) is 8.32. The topological polar surface area (TPSA) is 42.1 Å². The maximum absolute atomic E-state index is 12.8. The normalized spacial score (nSPS) is 15.8. The van der Waals surface area contributed by atoms with Crippen LogP contribution < -0.4 is 9.64 Å².